The van der Waals surface area contributed by atoms with Crippen LogP contribution in [0, 0.1) is 13.8 Å². The monoisotopic (exact) mass is 222 g/mol. The Kier molecular flexibility index (Phi) is 3.88. The number of rotatable bonds is 3. The Morgan fingerprint density at radius 3 is 2.31 bits per heavy atom. The average Bonchev–Trinajstić information content (AvgIpc) is 2.12. The number of urea groups is 1. The van der Waals surface area contributed by atoms with Crippen molar-refractivity contribution in [1.82, 2.24) is 5.32 Å². The van der Waals surface area contributed by atoms with E-state index in [1.54, 1.807) is 0 Å². The molecule has 5 heteroatoms. The maximum absolute atomic E-state index is 11.1. The Morgan fingerprint density at radius 1 is 1.25 bits per heavy atom. The van der Waals surface area contributed by atoms with Gasteiger partial charge in [0.05, 0.1) is 0 Å². The topological polar surface area (TPSA) is 81.4 Å². The smallest absolute Gasteiger partial charge is 0.318 e. The molecule has 0 atom stereocenters. The molecular weight excluding hydrogens is 208 g/mol. The van der Waals surface area contributed by atoms with Gasteiger partial charge in [0.25, 0.3) is 5.91 Å². The molecule has 3 N–H and O–H groups in total. The molecule has 0 aliphatic rings. The molecule has 1 rings (SSSR count). The van der Waals surface area contributed by atoms with Crippen molar-refractivity contribution in [2.45, 2.75) is 13.8 Å². The summed E-state index contributed by atoms with van der Waals surface area (Å²) in [4.78, 5) is 21.4. The van der Waals surface area contributed by atoms with E-state index < -0.39 is 11.9 Å². The third-order valence-electron chi connectivity index (χ3n) is 1.83. The summed E-state index contributed by atoms with van der Waals surface area (Å²) < 4.78 is 5.21. The van der Waals surface area contributed by atoms with Crippen molar-refractivity contribution >= 4 is 11.9 Å². The number of imide groups is 1. The zero-order valence-electron chi connectivity index (χ0n) is 9.24. The van der Waals surface area contributed by atoms with Crippen molar-refractivity contribution in [3.63, 3.8) is 0 Å². The first-order chi connectivity index (χ1) is 7.47. The van der Waals surface area contributed by atoms with Gasteiger partial charge in [0.2, 0.25) is 0 Å². The molecule has 0 unspecified atom stereocenters. The van der Waals surface area contributed by atoms with Crippen LogP contribution in [0.2, 0.25) is 0 Å². The van der Waals surface area contributed by atoms with E-state index in [1.807, 2.05) is 37.4 Å². The maximum atomic E-state index is 11.1. The molecule has 0 aliphatic heterocycles. The molecule has 1 aromatic rings. The number of primary amides is 1. The number of nitrogens with two attached hydrogens (primary N) is 1. The van der Waals surface area contributed by atoms with Crippen molar-refractivity contribution in [2.75, 3.05) is 6.61 Å². The van der Waals surface area contributed by atoms with Crippen LogP contribution in [0.5, 0.6) is 5.75 Å². The number of amides is 3. The summed E-state index contributed by atoms with van der Waals surface area (Å²) in [6.45, 7) is 3.64. The van der Waals surface area contributed by atoms with Gasteiger partial charge in [-0.05, 0) is 37.1 Å². The lowest BCUT2D eigenvalue weighted by molar-refractivity contribution is -0.121. The van der Waals surface area contributed by atoms with Crippen molar-refractivity contribution in [3.8, 4) is 5.75 Å². The second-order valence-electron chi connectivity index (χ2n) is 3.52. The minimum Gasteiger partial charge on any atom is -0.484 e. The lowest BCUT2D eigenvalue weighted by Crippen LogP contribution is -2.38. The molecule has 0 radical (unpaired) electrons. The fourth-order valence-electron chi connectivity index (χ4n) is 1.34. The molecule has 1 aromatic carbocycles. The SMILES string of the molecule is Cc1cc(C)cc(OCC(=O)NC(N)=O)c1. The second kappa shape index (κ2) is 5.16. The van der Waals surface area contributed by atoms with Gasteiger partial charge in [-0.3, -0.25) is 10.1 Å². The second-order valence-corrected chi connectivity index (χ2v) is 3.52. The van der Waals surface area contributed by atoms with Crippen LogP contribution < -0.4 is 15.8 Å². The van der Waals surface area contributed by atoms with Crippen LogP contribution in [0.15, 0.2) is 18.2 Å². The number of aryl methyl sites for hydroxylation is 2. The van der Waals surface area contributed by atoms with Crippen LogP contribution >= 0.6 is 0 Å². The molecule has 86 valence electrons. The van der Waals surface area contributed by atoms with Crippen molar-refractivity contribution in [3.05, 3.63) is 29.3 Å². The molecule has 0 saturated carbocycles. The third kappa shape index (κ3) is 4.00. The number of hydrogen-bond donors (Lipinski definition) is 2. The van der Waals surface area contributed by atoms with Gasteiger partial charge in [0, 0.05) is 0 Å². The number of nitrogens with one attached hydrogen (secondary N) is 1. The molecule has 0 heterocycles. The van der Waals surface area contributed by atoms with E-state index in [0.29, 0.717) is 5.75 Å². The van der Waals surface area contributed by atoms with Gasteiger partial charge in [-0.1, -0.05) is 6.07 Å². The van der Waals surface area contributed by atoms with Gasteiger partial charge >= 0.3 is 6.03 Å². The van der Waals surface area contributed by atoms with E-state index in [-0.39, 0.29) is 6.61 Å². The van der Waals surface area contributed by atoms with Crippen LogP contribution in [0.1, 0.15) is 11.1 Å². The molecule has 0 saturated heterocycles. The van der Waals surface area contributed by atoms with Gasteiger partial charge in [0.15, 0.2) is 6.61 Å². The largest absolute Gasteiger partial charge is 0.484 e. The summed E-state index contributed by atoms with van der Waals surface area (Å²) in [7, 11) is 0. The molecule has 0 spiro atoms. The molecule has 0 aromatic heterocycles. The molecular formula is C11H14N2O3. The molecule has 0 bridgehead atoms. The maximum Gasteiger partial charge on any atom is 0.318 e. The Morgan fingerprint density at radius 2 is 1.81 bits per heavy atom. The van der Waals surface area contributed by atoms with E-state index in [0.717, 1.165) is 11.1 Å². The first-order valence-electron chi connectivity index (χ1n) is 4.78. The summed E-state index contributed by atoms with van der Waals surface area (Å²) in [5, 5.41) is 1.92. The highest BCUT2D eigenvalue weighted by molar-refractivity contribution is 5.94. The lowest BCUT2D eigenvalue weighted by atomic mass is 10.1. The molecule has 16 heavy (non-hydrogen) atoms. The third-order valence-corrected chi connectivity index (χ3v) is 1.83. The summed E-state index contributed by atoms with van der Waals surface area (Å²) in [6, 6.07) is 4.74. The van der Waals surface area contributed by atoms with Crippen LogP contribution in [0.25, 0.3) is 0 Å². The zero-order valence-corrected chi connectivity index (χ0v) is 9.24. The molecule has 3 amide bonds. The fraction of sp³-hybridized carbons (Fsp3) is 0.273. The standard InChI is InChI=1S/C11H14N2O3/c1-7-3-8(2)5-9(4-7)16-6-10(14)13-11(12)15/h3-5H,6H2,1-2H3,(H3,12,13,14,15). The Hall–Kier alpha value is -2.04. The fourth-order valence-corrected chi connectivity index (χ4v) is 1.34. The molecule has 0 fully saturated rings. The summed E-state index contributed by atoms with van der Waals surface area (Å²) >= 11 is 0. The van der Waals surface area contributed by atoms with Crippen molar-refractivity contribution in [2.24, 2.45) is 5.73 Å². The summed E-state index contributed by atoms with van der Waals surface area (Å²) in [5.74, 6) is 0.0313. The van der Waals surface area contributed by atoms with Crippen LogP contribution in [-0.2, 0) is 4.79 Å². The number of ether oxygens (including phenoxy) is 1. The Balaban J connectivity index is 2.54. The molecule has 5 nitrogen and oxygen atoms in total. The number of hydrogen-bond acceptors (Lipinski definition) is 3. The van der Waals surface area contributed by atoms with E-state index in [4.69, 9.17) is 10.5 Å². The highest BCUT2D eigenvalue weighted by Gasteiger charge is 2.05. The predicted octanol–water partition coefficient (Wildman–Crippen LogP) is 0.877. The first-order valence-corrected chi connectivity index (χ1v) is 4.78. The first kappa shape index (κ1) is 12.0. The highest BCUT2D eigenvalue weighted by atomic mass is 16.5. The predicted molar refractivity (Wildman–Crippen MR) is 59.1 cm³/mol. The number of benzene rings is 1. The minimum absolute atomic E-state index is 0.230. The van der Waals surface area contributed by atoms with E-state index in [1.165, 1.54) is 0 Å². The quantitative estimate of drug-likeness (QED) is 0.796. The van der Waals surface area contributed by atoms with Crippen LogP contribution in [0.3, 0.4) is 0 Å². The number of carbonyl (C=O) groups excluding carboxylic acids is 2. The van der Waals surface area contributed by atoms with E-state index in [2.05, 4.69) is 0 Å². The lowest BCUT2D eigenvalue weighted by Gasteiger charge is -2.07. The van der Waals surface area contributed by atoms with Crippen LogP contribution in [-0.4, -0.2) is 18.5 Å². The van der Waals surface area contributed by atoms with Gasteiger partial charge in [-0.15, -0.1) is 0 Å². The summed E-state index contributed by atoms with van der Waals surface area (Å²) in [6.07, 6.45) is 0. The van der Waals surface area contributed by atoms with Gasteiger partial charge in [0.1, 0.15) is 5.75 Å². The van der Waals surface area contributed by atoms with E-state index >= 15 is 0 Å². The molecule has 0 aliphatic carbocycles. The van der Waals surface area contributed by atoms with E-state index in [9.17, 15) is 9.59 Å². The van der Waals surface area contributed by atoms with Gasteiger partial charge < -0.3 is 10.5 Å². The van der Waals surface area contributed by atoms with Crippen molar-refractivity contribution in [1.29, 1.82) is 0 Å². The van der Waals surface area contributed by atoms with Crippen LogP contribution in [0.4, 0.5) is 4.79 Å². The zero-order chi connectivity index (χ0) is 12.1. The average molecular weight is 222 g/mol. The van der Waals surface area contributed by atoms with Gasteiger partial charge in [-0.2, -0.15) is 0 Å². The minimum atomic E-state index is -0.881. The summed E-state index contributed by atoms with van der Waals surface area (Å²) in [5.41, 5.74) is 6.88. The van der Waals surface area contributed by atoms with Crippen molar-refractivity contribution < 1.29 is 14.3 Å². The number of carbonyl (C=O) groups is 2. The highest BCUT2D eigenvalue weighted by Crippen LogP contribution is 2.15. The van der Waals surface area contributed by atoms with Gasteiger partial charge in [-0.25, -0.2) is 4.79 Å². The normalized spacial score (nSPS) is 9.62. The Bertz CT molecular complexity index is 395. The Labute approximate surface area is 93.6 Å².